The van der Waals surface area contributed by atoms with E-state index in [0.717, 1.165) is 43.6 Å². The Labute approximate surface area is 128 Å². The third-order valence-electron chi connectivity index (χ3n) is 3.33. The van der Waals surface area contributed by atoms with Crippen LogP contribution in [0, 0.1) is 0 Å². The molecule has 0 unspecified atom stereocenters. The van der Waals surface area contributed by atoms with Crippen LogP contribution in [-0.4, -0.2) is 42.5 Å². The number of thioether (sulfide) groups is 1. The molecule has 1 aliphatic rings. The lowest BCUT2D eigenvalue weighted by Gasteiger charge is -2.27. The van der Waals surface area contributed by atoms with E-state index in [1.807, 2.05) is 18.2 Å². The van der Waals surface area contributed by atoms with Gasteiger partial charge >= 0.3 is 0 Å². The minimum Gasteiger partial charge on any atom is -0.378 e. The minimum atomic E-state index is 0.753. The molecular formula is C15H18N4OS. The quantitative estimate of drug-likeness (QED) is 0.877. The van der Waals surface area contributed by atoms with Gasteiger partial charge in [-0.15, -0.1) is 11.8 Å². The lowest BCUT2D eigenvalue weighted by Crippen LogP contribution is -2.36. The van der Waals surface area contributed by atoms with Crippen molar-refractivity contribution in [3.63, 3.8) is 0 Å². The Balaban J connectivity index is 1.76. The van der Waals surface area contributed by atoms with E-state index >= 15 is 0 Å². The summed E-state index contributed by atoms with van der Waals surface area (Å²) in [7, 11) is 0. The third-order valence-corrected chi connectivity index (χ3v) is 4.06. The van der Waals surface area contributed by atoms with Crippen LogP contribution in [0.1, 0.15) is 0 Å². The summed E-state index contributed by atoms with van der Waals surface area (Å²) in [5, 5.41) is 3.34. The molecule has 1 aliphatic heterocycles. The fourth-order valence-corrected chi connectivity index (χ4v) is 2.69. The van der Waals surface area contributed by atoms with Gasteiger partial charge in [0.05, 0.1) is 13.2 Å². The second kappa shape index (κ2) is 6.78. The first-order valence-electron chi connectivity index (χ1n) is 6.91. The molecule has 0 spiro atoms. The van der Waals surface area contributed by atoms with Crippen molar-refractivity contribution in [2.45, 2.75) is 4.90 Å². The Hall–Kier alpha value is -1.79. The summed E-state index contributed by atoms with van der Waals surface area (Å²) in [6.07, 6.45) is 3.67. The van der Waals surface area contributed by atoms with E-state index in [4.69, 9.17) is 4.74 Å². The van der Waals surface area contributed by atoms with Gasteiger partial charge in [-0.25, -0.2) is 9.97 Å². The molecule has 1 aromatic heterocycles. The van der Waals surface area contributed by atoms with Crippen molar-refractivity contribution in [3.05, 3.63) is 36.7 Å². The molecule has 0 atom stereocenters. The van der Waals surface area contributed by atoms with Crippen LogP contribution in [0.3, 0.4) is 0 Å². The summed E-state index contributed by atoms with van der Waals surface area (Å²) in [6.45, 7) is 3.25. The number of hydrogen-bond acceptors (Lipinski definition) is 6. The number of morpholine rings is 1. The maximum Gasteiger partial charge on any atom is 0.135 e. The maximum atomic E-state index is 5.37. The molecule has 1 fully saturated rings. The molecule has 21 heavy (non-hydrogen) atoms. The molecule has 0 radical (unpaired) electrons. The first kappa shape index (κ1) is 14.2. The molecule has 3 rings (SSSR count). The average molecular weight is 302 g/mol. The number of rotatable bonds is 4. The first-order chi connectivity index (χ1) is 10.3. The number of benzene rings is 1. The zero-order valence-electron chi connectivity index (χ0n) is 12.0. The fraction of sp³-hybridized carbons (Fsp3) is 0.333. The van der Waals surface area contributed by atoms with Crippen molar-refractivity contribution in [2.24, 2.45) is 0 Å². The Bertz CT molecular complexity index is 602. The van der Waals surface area contributed by atoms with E-state index in [-0.39, 0.29) is 0 Å². The van der Waals surface area contributed by atoms with Gasteiger partial charge in [0, 0.05) is 29.7 Å². The maximum absolute atomic E-state index is 5.37. The molecule has 0 amide bonds. The normalized spacial score (nSPS) is 15.0. The lowest BCUT2D eigenvalue weighted by molar-refractivity contribution is 0.122. The first-order valence-corrected chi connectivity index (χ1v) is 8.13. The van der Waals surface area contributed by atoms with Gasteiger partial charge in [0.15, 0.2) is 0 Å². The van der Waals surface area contributed by atoms with E-state index < -0.39 is 0 Å². The van der Waals surface area contributed by atoms with E-state index in [0.29, 0.717) is 0 Å². The number of anilines is 3. The van der Waals surface area contributed by atoms with Crippen molar-refractivity contribution < 1.29 is 4.74 Å². The summed E-state index contributed by atoms with van der Waals surface area (Å²) in [4.78, 5) is 12.1. The number of aromatic nitrogens is 2. The molecule has 110 valence electrons. The van der Waals surface area contributed by atoms with Crippen LogP contribution in [0.2, 0.25) is 0 Å². The molecule has 0 aliphatic carbocycles. The number of nitrogens with zero attached hydrogens (tertiary/aromatic N) is 3. The van der Waals surface area contributed by atoms with Crippen molar-refractivity contribution in [3.8, 4) is 0 Å². The van der Waals surface area contributed by atoms with Crippen LogP contribution in [-0.2, 0) is 4.74 Å². The number of ether oxygens (including phenoxy) is 1. The fourth-order valence-electron chi connectivity index (χ4n) is 2.23. The molecule has 0 bridgehead atoms. The van der Waals surface area contributed by atoms with Gasteiger partial charge in [-0.1, -0.05) is 6.07 Å². The van der Waals surface area contributed by atoms with E-state index in [9.17, 15) is 0 Å². The van der Waals surface area contributed by atoms with Gasteiger partial charge in [-0.2, -0.15) is 0 Å². The Morgan fingerprint density at radius 1 is 1.19 bits per heavy atom. The average Bonchev–Trinajstić information content (AvgIpc) is 2.56. The molecule has 2 heterocycles. The summed E-state index contributed by atoms with van der Waals surface area (Å²) in [5.74, 6) is 1.75. The topological polar surface area (TPSA) is 50.3 Å². The van der Waals surface area contributed by atoms with Gasteiger partial charge in [-0.05, 0) is 24.5 Å². The van der Waals surface area contributed by atoms with E-state index in [1.165, 1.54) is 4.90 Å². The summed E-state index contributed by atoms with van der Waals surface area (Å²) < 4.78 is 5.37. The zero-order valence-corrected chi connectivity index (χ0v) is 12.8. The van der Waals surface area contributed by atoms with Crippen LogP contribution >= 0.6 is 11.8 Å². The van der Waals surface area contributed by atoms with E-state index in [1.54, 1.807) is 18.1 Å². The highest BCUT2D eigenvalue weighted by Crippen LogP contribution is 2.23. The van der Waals surface area contributed by atoms with Crippen LogP contribution in [0.15, 0.2) is 41.6 Å². The van der Waals surface area contributed by atoms with Crippen LogP contribution < -0.4 is 10.2 Å². The molecule has 1 saturated heterocycles. The SMILES string of the molecule is CSc1cccc(Nc2cc(N3CCOCC3)ncn2)c1. The van der Waals surface area contributed by atoms with Crippen molar-refractivity contribution >= 4 is 29.1 Å². The van der Waals surface area contributed by atoms with Crippen molar-refractivity contribution in [1.82, 2.24) is 9.97 Å². The molecule has 6 heteroatoms. The number of hydrogen-bond donors (Lipinski definition) is 1. The second-order valence-electron chi connectivity index (χ2n) is 4.72. The number of nitrogens with one attached hydrogen (secondary N) is 1. The standard InChI is InChI=1S/C15H18N4OS/c1-21-13-4-2-3-12(9-13)18-14-10-15(17-11-16-14)19-5-7-20-8-6-19/h2-4,9-11H,5-8H2,1H3,(H,16,17,18). The van der Waals surface area contributed by atoms with Crippen molar-refractivity contribution in [2.75, 3.05) is 42.8 Å². The highest BCUT2D eigenvalue weighted by atomic mass is 32.2. The minimum absolute atomic E-state index is 0.753. The molecule has 1 aromatic carbocycles. The Morgan fingerprint density at radius 2 is 2.05 bits per heavy atom. The predicted octanol–water partition coefficient (Wildman–Crippen LogP) is 2.78. The van der Waals surface area contributed by atoms with Gasteiger partial charge in [-0.3, -0.25) is 0 Å². The molecule has 0 saturated carbocycles. The Morgan fingerprint density at radius 3 is 2.86 bits per heavy atom. The largest absolute Gasteiger partial charge is 0.378 e. The molecule has 2 aromatic rings. The summed E-state index contributed by atoms with van der Waals surface area (Å²) in [6, 6.07) is 10.3. The van der Waals surface area contributed by atoms with E-state index in [2.05, 4.69) is 38.6 Å². The van der Waals surface area contributed by atoms with Crippen LogP contribution in [0.4, 0.5) is 17.3 Å². The summed E-state index contributed by atoms with van der Waals surface area (Å²) >= 11 is 1.72. The van der Waals surface area contributed by atoms with Crippen molar-refractivity contribution in [1.29, 1.82) is 0 Å². The molecule has 5 nitrogen and oxygen atoms in total. The Kier molecular flexibility index (Phi) is 4.57. The highest BCUT2D eigenvalue weighted by Gasteiger charge is 2.13. The van der Waals surface area contributed by atoms with Crippen LogP contribution in [0.5, 0.6) is 0 Å². The van der Waals surface area contributed by atoms with Gasteiger partial charge < -0.3 is 15.0 Å². The lowest BCUT2D eigenvalue weighted by atomic mass is 10.3. The van der Waals surface area contributed by atoms with Gasteiger partial charge in [0.2, 0.25) is 0 Å². The third kappa shape index (κ3) is 3.65. The van der Waals surface area contributed by atoms with Gasteiger partial charge in [0.25, 0.3) is 0 Å². The zero-order chi connectivity index (χ0) is 14.5. The smallest absolute Gasteiger partial charge is 0.135 e. The highest BCUT2D eigenvalue weighted by molar-refractivity contribution is 7.98. The summed E-state index contributed by atoms with van der Waals surface area (Å²) in [5.41, 5.74) is 1.04. The predicted molar refractivity (Wildman–Crippen MR) is 86.6 cm³/mol. The second-order valence-corrected chi connectivity index (χ2v) is 5.60. The monoisotopic (exact) mass is 302 g/mol. The van der Waals surface area contributed by atoms with Gasteiger partial charge in [0.1, 0.15) is 18.0 Å². The molecule has 1 N–H and O–H groups in total. The van der Waals surface area contributed by atoms with Crippen LogP contribution in [0.25, 0.3) is 0 Å². The molecular weight excluding hydrogens is 284 g/mol.